The lowest BCUT2D eigenvalue weighted by Crippen LogP contribution is -2.60. The Kier molecular flexibility index (Phi) is 6.86. The molecule has 0 atom stereocenters. The zero-order chi connectivity index (χ0) is 28.2. The Morgan fingerprint density at radius 2 is 1.82 bits per heavy atom. The number of halogens is 4. The van der Waals surface area contributed by atoms with Gasteiger partial charge >= 0.3 is 5.97 Å². The van der Waals surface area contributed by atoms with Crippen molar-refractivity contribution in [2.45, 2.75) is 31.0 Å². The number of carbonyl (C=O) groups is 1. The van der Waals surface area contributed by atoms with Gasteiger partial charge in [0.2, 0.25) is 0 Å². The maximum atomic E-state index is 13.8. The molecule has 2 aliphatic rings. The van der Waals surface area contributed by atoms with Crippen LogP contribution in [0.25, 0.3) is 11.3 Å². The van der Waals surface area contributed by atoms with Crippen molar-refractivity contribution in [1.82, 2.24) is 10.1 Å². The van der Waals surface area contributed by atoms with Gasteiger partial charge < -0.3 is 24.4 Å². The number of aliphatic hydroxyl groups is 1. The number of rotatable bonds is 8. The highest BCUT2D eigenvalue weighted by Gasteiger charge is 2.45. The van der Waals surface area contributed by atoms with Gasteiger partial charge in [0, 0.05) is 23.2 Å². The van der Waals surface area contributed by atoms with Crippen LogP contribution in [-0.4, -0.2) is 39.4 Å². The monoisotopic (exact) mass is 603 g/mol. The van der Waals surface area contributed by atoms with Crippen LogP contribution in [0.3, 0.4) is 0 Å². The predicted molar refractivity (Wildman–Crippen MR) is 147 cm³/mol. The molecular weight excluding hydrogens is 584 g/mol. The maximum absolute atomic E-state index is 13.8. The minimum absolute atomic E-state index is 0.0774. The van der Waals surface area contributed by atoms with Gasteiger partial charge in [-0.05, 0) is 49.2 Å². The molecule has 0 amide bonds. The number of pyridine rings is 1. The van der Waals surface area contributed by atoms with Crippen molar-refractivity contribution in [2.24, 2.45) is 0 Å². The summed E-state index contributed by atoms with van der Waals surface area (Å²) in [5.41, 5.74) is 0.818. The number of hydrogen-bond donors (Lipinski definition) is 2. The zero-order valence-electron chi connectivity index (χ0n) is 20.7. The second-order valence-corrected chi connectivity index (χ2v) is 11.1. The third-order valence-corrected chi connectivity index (χ3v) is 7.97. The van der Waals surface area contributed by atoms with Gasteiger partial charge in [-0.1, -0.05) is 46.0 Å². The van der Waals surface area contributed by atoms with E-state index in [4.69, 9.17) is 44.1 Å². The van der Waals surface area contributed by atoms with Crippen molar-refractivity contribution in [3.05, 3.63) is 92.0 Å². The predicted octanol–water partition coefficient (Wildman–Crippen LogP) is 6.70. The molecule has 206 valence electrons. The number of anilines is 1. The van der Waals surface area contributed by atoms with E-state index in [-0.39, 0.29) is 41.2 Å². The number of hydrogen-bond acceptors (Lipinski definition) is 7. The molecule has 2 aromatic heterocycles. The van der Waals surface area contributed by atoms with Crippen LogP contribution in [0.4, 0.5) is 10.2 Å². The van der Waals surface area contributed by atoms with Gasteiger partial charge in [0.1, 0.15) is 41.0 Å². The minimum Gasteiger partial charge on any atom is -0.489 e. The lowest BCUT2D eigenvalue weighted by Gasteiger charge is -2.47. The molecule has 6 rings (SSSR count). The minimum atomic E-state index is -1.24. The quantitative estimate of drug-likeness (QED) is 0.229. The molecular formula is C28H21Cl3FN3O5. The molecule has 4 aromatic rings. The van der Waals surface area contributed by atoms with Crippen LogP contribution in [0.5, 0.6) is 5.75 Å². The van der Waals surface area contributed by atoms with E-state index in [1.54, 1.807) is 23.1 Å². The fourth-order valence-electron chi connectivity index (χ4n) is 4.85. The fraction of sp³-hybridized carbons (Fsp3) is 0.250. The van der Waals surface area contributed by atoms with Crippen LogP contribution in [0.1, 0.15) is 46.0 Å². The number of aromatic carboxylic acids is 1. The van der Waals surface area contributed by atoms with Crippen LogP contribution in [0, 0.1) is 5.82 Å². The summed E-state index contributed by atoms with van der Waals surface area (Å²) in [6.07, 6.45) is 3.33. The van der Waals surface area contributed by atoms with Gasteiger partial charge in [-0.3, -0.25) is 0 Å². The normalized spacial score (nSPS) is 16.1. The first-order valence-electron chi connectivity index (χ1n) is 12.4. The molecule has 1 saturated carbocycles. The van der Waals surface area contributed by atoms with Gasteiger partial charge in [-0.15, -0.1) is 0 Å². The zero-order valence-corrected chi connectivity index (χ0v) is 23.0. The summed E-state index contributed by atoms with van der Waals surface area (Å²) in [7, 11) is 0. The van der Waals surface area contributed by atoms with Crippen LogP contribution in [-0.2, 0) is 12.2 Å². The molecule has 12 heteroatoms. The smallest absolute Gasteiger partial charge is 0.335 e. The lowest BCUT2D eigenvalue weighted by molar-refractivity contribution is 0.00712. The van der Waals surface area contributed by atoms with Crippen LogP contribution < -0.4 is 9.64 Å². The van der Waals surface area contributed by atoms with Crippen molar-refractivity contribution in [3.63, 3.8) is 0 Å². The highest BCUT2D eigenvalue weighted by molar-refractivity contribution is 6.39. The largest absolute Gasteiger partial charge is 0.489 e. The second kappa shape index (κ2) is 10.2. The topological polar surface area (TPSA) is 109 Å². The summed E-state index contributed by atoms with van der Waals surface area (Å²) in [6.45, 7) is 0.460. The molecule has 0 radical (unpaired) electrons. The van der Waals surface area contributed by atoms with Gasteiger partial charge in [0.25, 0.3) is 0 Å². The van der Waals surface area contributed by atoms with Crippen molar-refractivity contribution < 1.29 is 28.7 Å². The Bertz CT molecular complexity index is 1610. The van der Waals surface area contributed by atoms with E-state index in [0.29, 0.717) is 44.7 Å². The molecule has 1 saturated heterocycles. The number of nitrogens with zero attached hydrogens (tertiary/aromatic N) is 3. The maximum Gasteiger partial charge on any atom is 0.335 e. The first-order chi connectivity index (χ1) is 19.1. The molecule has 1 aliphatic heterocycles. The van der Waals surface area contributed by atoms with E-state index in [1.165, 1.54) is 30.5 Å². The third kappa shape index (κ3) is 4.99. The van der Waals surface area contributed by atoms with Crippen LogP contribution in [0.2, 0.25) is 15.1 Å². The number of carboxylic acid groups (broad SMARTS) is 1. The summed E-state index contributed by atoms with van der Waals surface area (Å²) in [5, 5.41) is 25.1. The first kappa shape index (κ1) is 26.8. The Morgan fingerprint density at radius 3 is 2.48 bits per heavy atom. The SMILES string of the molecule is O=C(O)c1ccnc(N2CC(O)(c3ccc(OCc4c(-c5c(Cl)cc(F)cc5Cl)noc4C4CC4)cc3Cl)C2)c1. The van der Waals surface area contributed by atoms with Gasteiger partial charge in [-0.25, -0.2) is 14.2 Å². The highest BCUT2D eigenvalue weighted by Crippen LogP contribution is 2.46. The Balaban J connectivity index is 1.20. The van der Waals surface area contributed by atoms with Crippen molar-refractivity contribution in [2.75, 3.05) is 18.0 Å². The molecule has 0 bridgehead atoms. The highest BCUT2D eigenvalue weighted by atomic mass is 35.5. The molecule has 1 aliphatic carbocycles. The molecule has 2 fully saturated rings. The number of benzene rings is 2. The molecule has 40 heavy (non-hydrogen) atoms. The van der Waals surface area contributed by atoms with E-state index in [2.05, 4.69) is 10.1 Å². The standard InChI is InChI=1S/C28H21Cl3FN3O5/c29-20-10-17(3-4-19(20)28(38)12-35(13-28)23-7-15(27(36)37)5-6-33-23)39-11-18-25(34-40-26(18)14-1-2-14)24-21(30)8-16(32)9-22(24)31/h3-10,14,38H,1-2,11-13H2,(H,36,37). The third-order valence-electron chi connectivity index (χ3n) is 7.06. The Hall–Kier alpha value is -3.37. The van der Waals surface area contributed by atoms with Crippen LogP contribution in [0.15, 0.2) is 53.2 Å². The van der Waals surface area contributed by atoms with E-state index in [9.17, 15) is 19.4 Å². The lowest BCUT2D eigenvalue weighted by atomic mass is 9.86. The molecule has 3 heterocycles. The van der Waals surface area contributed by atoms with Gasteiger partial charge in [0.05, 0.1) is 39.3 Å². The molecule has 0 unspecified atom stereocenters. The van der Waals surface area contributed by atoms with Crippen molar-refractivity contribution in [1.29, 1.82) is 0 Å². The summed E-state index contributed by atoms with van der Waals surface area (Å²) >= 11 is 19.2. The van der Waals surface area contributed by atoms with Crippen LogP contribution >= 0.6 is 34.8 Å². The molecule has 8 nitrogen and oxygen atoms in total. The number of β-amino-alcohol motifs (C(OH)–C–C–N with tert-alkyl or cyclic N) is 1. The second-order valence-electron chi connectivity index (χ2n) is 9.92. The summed E-state index contributed by atoms with van der Waals surface area (Å²) in [5.74, 6) is 0.194. The molecule has 2 aromatic carbocycles. The number of carboxylic acids is 1. The van der Waals surface area contributed by atoms with Gasteiger partial charge in [0.15, 0.2) is 0 Å². The van der Waals surface area contributed by atoms with Crippen molar-refractivity contribution >= 4 is 46.6 Å². The molecule has 2 N–H and O–H groups in total. The first-order valence-corrected chi connectivity index (χ1v) is 13.5. The van der Waals surface area contributed by atoms with Crippen molar-refractivity contribution in [3.8, 4) is 17.0 Å². The van der Waals surface area contributed by atoms with E-state index in [1.807, 2.05) is 0 Å². The van der Waals surface area contributed by atoms with E-state index < -0.39 is 17.4 Å². The Morgan fingerprint density at radius 1 is 1.10 bits per heavy atom. The number of aromatic nitrogens is 2. The van der Waals surface area contributed by atoms with E-state index in [0.717, 1.165) is 12.8 Å². The summed E-state index contributed by atoms with van der Waals surface area (Å²) in [4.78, 5) is 17.2. The van der Waals surface area contributed by atoms with E-state index >= 15 is 0 Å². The number of ether oxygens (including phenoxy) is 1. The average molecular weight is 605 g/mol. The van der Waals surface area contributed by atoms with Gasteiger partial charge in [-0.2, -0.15) is 0 Å². The molecule has 0 spiro atoms. The Labute approximate surface area is 242 Å². The fourth-order valence-corrected chi connectivity index (χ4v) is 5.84. The summed E-state index contributed by atoms with van der Waals surface area (Å²) < 4.78 is 25.5. The average Bonchev–Trinajstić information content (AvgIpc) is 3.65. The summed E-state index contributed by atoms with van der Waals surface area (Å²) in [6, 6.07) is 10.2.